The average Bonchev–Trinajstić information content (AvgIpc) is 3.67. The fraction of sp³-hybridized carbons (Fsp3) is 0.630. The van der Waals surface area contributed by atoms with Gasteiger partial charge in [0, 0.05) is 42.9 Å². The fourth-order valence-corrected chi connectivity index (χ4v) is 8.34. The van der Waals surface area contributed by atoms with E-state index >= 15 is 0 Å². The van der Waals surface area contributed by atoms with Crippen molar-refractivity contribution in [2.45, 2.75) is 111 Å². The molecule has 1 amide bonds. The molecule has 1 aromatic heterocycles. The van der Waals surface area contributed by atoms with Gasteiger partial charge in [-0.05, 0) is 49.9 Å². The van der Waals surface area contributed by atoms with E-state index in [1.54, 1.807) is 5.38 Å². The SMILES string of the molecule is O=C(Nc1ccc(S(=O)(=O)Nc2nccs2)cc1)[C@@H]1O[C@@H]2OC3(CCCCC3)O[C@H]2[C@H]2OC3(CCCCC3)O[C@@H]21. The van der Waals surface area contributed by atoms with Gasteiger partial charge in [-0.3, -0.25) is 9.52 Å². The molecule has 5 aliphatic rings. The minimum Gasteiger partial charge on any atom is -0.341 e. The van der Waals surface area contributed by atoms with Crippen LogP contribution >= 0.6 is 11.3 Å². The Morgan fingerprint density at radius 3 is 2.12 bits per heavy atom. The number of fused-ring (bicyclic) bond motifs is 3. The molecule has 1 aromatic carbocycles. The summed E-state index contributed by atoms with van der Waals surface area (Å²) in [6, 6.07) is 5.94. The van der Waals surface area contributed by atoms with Crippen LogP contribution in [0.1, 0.15) is 64.2 Å². The second-order valence-corrected chi connectivity index (χ2v) is 13.8. The van der Waals surface area contributed by atoms with E-state index in [0.29, 0.717) is 5.69 Å². The molecule has 3 saturated heterocycles. The standard InChI is InChI=1S/C27H33N3O8S2/c31-23(29-17-7-9-18(10-8-17)40(32,33)30-25-28-15-16-39-25)21-19-20(36-26(35-19)11-3-1-4-12-26)22-24(34-21)38-27(37-22)13-5-2-6-14-27/h7-10,15-16,19-22,24H,1-6,11-14H2,(H,28,30)(H,29,31)/t19-,20-,21+,22-,24+/m0/s1. The quantitative estimate of drug-likeness (QED) is 0.526. The Bertz CT molecular complexity index is 1320. The maximum absolute atomic E-state index is 13.6. The van der Waals surface area contributed by atoms with Gasteiger partial charge in [0.2, 0.25) is 0 Å². The maximum atomic E-state index is 13.6. The number of sulfonamides is 1. The van der Waals surface area contributed by atoms with Crippen LogP contribution in [-0.4, -0.2) is 61.6 Å². The number of amides is 1. The first kappa shape index (κ1) is 26.7. The molecule has 5 fully saturated rings. The van der Waals surface area contributed by atoms with E-state index in [2.05, 4.69) is 15.0 Å². The van der Waals surface area contributed by atoms with Crippen LogP contribution in [0.25, 0.3) is 0 Å². The Balaban J connectivity index is 1.09. The minimum absolute atomic E-state index is 0.0542. The summed E-state index contributed by atoms with van der Waals surface area (Å²) in [7, 11) is -3.81. The van der Waals surface area contributed by atoms with Gasteiger partial charge in [0.15, 0.2) is 29.1 Å². The monoisotopic (exact) mass is 591 g/mol. The first-order valence-electron chi connectivity index (χ1n) is 14.0. The number of thiazole rings is 1. The number of carbonyl (C=O) groups excluding carboxylic acids is 1. The molecule has 4 heterocycles. The third-order valence-corrected chi connectivity index (χ3v) is 10.6. The van der Waals surface area contributed by atoms with Gasteiger partial charge in [0.05, 0.1) is 4.90 Å². The van der Waals surface area contributed by atoms with Gasteiger partial charge in [0.1, 0.15) is 18.3 Å². The molecular weight excluding hydrogens is 558 g/mol. The number of nitrogens with zero attached hydrogens (tertiary/aromatic N) is 1. The second kappa shape index (κ2) is 10.3. The topological polar surface area (TPSA) is 134 Å². The van der Waals surface area contributed by atoms with Gasteiger partial charge in [0.25, 0.3) is 15.9 Å². The number of nitrogens with one attached hydrogen (secondary N) is 2. The normalized spacial score (nSPS) is 32.5. The number of rotatable bonds is 5. The molecule has 216 valence electrons. The molecule has 3 aliphatic heterocycles. The van der Waals surface area contributed by atoms with E-state index in [4.69, 9.17) is 23.7 Å². The van der Waals surface area contributed by atoms with Gasteiger partial charge >= 0.3 is 0 Å². The summed E-state index contributed by atoms with van der Waals surface area (Å²) >= 11 is 1.19. The predicted molar refractivity (Wildman–Crippen MR) is 144 cm³/mol. The highest BCUT2D eigenvalue weighted by molar-refractivity contribution is 7.93. The van der Waals surface area contributed by atoms with Gasteiger partial charge in [-0.25, -0.2) is 13.4 Å². The van der Waals surface area contributed by atoms with Crippen molar-refractivity contribution >= 4 is 38.1 Å². The van der Waals surface area contributed by atoms with Gasteiger partial charge < -0.3 is 29.0 Å². The lowest BCUT2D eigenvalue weighted by Gasteiger charge is -2.36. The van der Waals surface area contributed by atoms with E-state index in [0.717, 1.165) is 64.2 Å². The first-order chi connectivity index (χ1) is 19.3. The molecule has 0 bridgehead atoms. The van der Waals surface area contributed by atoms with Crippen molar-refractivity contribution in [1.29, 1.82) is 0 Å². The number of aromatic nitrogens is 1. The van der Waals surface area contributed by atoms with E-state index < -0.39 is 58.2 Å². The van der Waals surface area contributed by atoms with E-state index in [1.807, 2.05) is 0 Å². The Kier molecular flexibility index (Phi) is 6.89. The molecule has 2 aromatic rings. The third kappa shape index (κ3) is 4.95. The molecule has 0 unspecified atom stereocenters. The number of hydrogen-bond acceptors (Lipinski definition) is 10. The van der Waals surface area contributed by atoms with Crippen molar-refractivity contribution in [2.24, 2.45) is 0 Å². The van der Waals surface area contributed by atoms with Crippen molar-refractivity contribution in [3.63, 3.8) is 0 Å². The Morgan fingerprint density at radius 2 is 1.48 bits per heavy atom. The lowest BCUT2D eigenvalue weighted by atomic mass is 9.94. The molecule has 13 heteroatoms. The molecule has 40 heavy (non-hydrogen) atoms. The van der Waals surface area contributed by atoms with Crippen LogP contribution in [0.15, 0.2) is 40.7 Å². The number of ether oxygens (including phenoxy) is 5. The largest absolute Gasteiger partial charge is 0.341 e. The molecule has 2 N–H and O–H groups in total. The van der Waals surface area contributed by atoms with E-state index in [-0.39, 0.29) is 10.0 Å². The summed E-state index contributed by atoms with van der Waals surface area (Å²) < 4.78 is 60.1. The van der Waals surface area contributed by atoms with E-state index in [9.17, 15) is 13.2 Å². The predicted octanol–water partition coefficient (Wildman–Crippen LogP) is 4.13. The summed E-state index contributed by atoms with van der Waals surface area (Å²) in [5, 5.41) is 4.83. The Morgan fingerprint density at radius 1 is 0.850 bits per heavy atom. The van der Waals surface area contributed by atoms with Crippen molar-refractivity contribution in [1.82, 2.24) is 4.98 Å². The minimum atomic E-state index is -3.81. The van der Waals surface area contributed by atoms with E-state index in [1.165, 1.54) is 41.8 Å². The molecule has 0 radical (unpaired) electrons. The van der Waals surface area contributed by atoms with Crippen molar-refractivity contribution < 1.29 is 36.9 Å². The second-order valence-electron chi connectivity index (χ2n) is 11.2. The zero-order chi connectivity index (χ0) is 27.4. The summed E-state index contributed by atoms with van der Waals surface area (Å²) in [6.45, 7) is 0. The molecular formula is C27H33N3O8S2. The summed E-state index contributed by atoms with van der Waals surface area (Å²) in [4.78, 5) is 17.6. The lowest BCUT2D eigenvalue weighted by Crippen LogP contribution is -2.58. The summed E-state index contributed by atoms with van der Waals surface area (Å²) in [6.07, 6.45) is 7.62. The van der Waals surface area contributed by atoms with Crippen LogP contribution in [0.5, 0.6) is 0 Å². The van der Waals surface area contributed by atoms with Gasteiger partial charge in [-0.1, -0.05) is 12.8 Å². The van der Waals surface area contributed by atoms with Gasteiger partial charge in [-0.15, -0.1) is 11.3 Å². The number of carbonyl (C=O) groups is 1. The molecule has 5 atom stereocenters. The van der Waals surface area contributed by atoms with Crippen LogP contribution in [0.3, 0.4) is 0 Å². The highest BCUT2D eigenvalue weighted by Crippen LogP contribution is 2.51. The summed E-state index contributed by atoms with van der Waals surface area (Å²) in [5.74, 6) is -1.85. The smallest absolute Gasteiger partial charge is 0.263 e. The molecule has 2 aliphatic carbocycles. The highest BCUT2D eigenvalue weighted by atomic mass is 32.2. The Labute approximate surface area is 236 Å². The first-order valence-corrected chi connectivity index (χ1v) is 16.4. The summed E-state index contributed by atoms with van der Waals surface area (Å²) in [5.41, 5.74) is 0.430. The van der Waals surface area contributed by atoms with Crippen LogP contribution in [0.4, 0.5) is 10.8 Å². The number of benzene rings is 1. The van der Waals surface area contributed by atoms with Crippen molar-refractivity contribution in [2.75, 3.05) is 10.0 Å². The van der Waals surface area contributed by atoms with Crippen molar-refractivity contribution in [3.8, 4) is 0 Å². The number of anilines is 2. The molecule has 2 saturated carbocycles. The van der Waals surface area contributed by atoms with Crippen LogP contribution in [0, 0.1) is 0 Å². The maximum Gasteiger partial charge on any atom is 0.263 e. The van der Waals surface area contributed by atoms with Crippen LogP contribution in [-0.2, 0) is 38.5 Å². The number of hydrogen-bond donors (Lipinski definition) is 2. The third-order valence-electron chi connectivity index (χ3n) is 8.45. The highest BCUT2D eigenvalue weighted by Gasteiger charge is 2.65. The van der Waals surface area contributed by atoms with Crippen LogP contribution < -0.4 is 10.0 Å². The fourth-order valence-electron chi connectivity index (χ4n) is 6.55. The molecule has 7 rings (SSSR count). The lowest BCUT2D eigenvalue weighted by molar-refractivity contribution is -0.246. The van der Waals surface area contributed by atoms with Crippen molar-refractivity contribution in [3.05, 3.63) is 35.8 Å². The van der Waals surface area contributed by atoms with Gasteiger partial charge in [-0.2, -0.15) is 0 Å². The Hall–Kier alpha value is -2.13. The van der Waals surface area contributed by atoms with Crippen LogP contribution in [0.2, 0.25) is 0 Å². The molecule has 11 nitrogen and oxygen atoms in total. The zero-order valence-corrected chi connectivity index (χ0v) is 23.6. The molecule has 2 spiro atoms. The average molecular weight is 592 g/mol. The zero-order valence-electron chi connectivity index (χ0n) is 22.0.